The Kier molecular flexibility index (Phi) is 11.8. The molecule has 1 fully saturated rings. The van der Waals surface area contributed by atoms with E-state index >= 15 is 0 Å². The molecule has 10 heteroatoms. The summed E-state index contributed by atoms with van der Waals surface area (Å²) in [7, 11) is -3.92. The molecule has 0 unspecified atom stereocenters. The van der Waals surface area contributed by atoms with Crippen molar-refractivity contribution >= 4 is 15.9 Å². The summed E-state index contributed by atoms with van der Waals surface area (Å²) in [6.07, 6.45) is 2.28. The van der Waals surface area contributed by atoms with Gasteiger partial charge in [0.15, 0.2) is 4.75 Å². The highest BCUT2D eigenvalue weighted by molar-refractivity contribution is 7.91. The molecule has 0 aromatic rings. The molecule has 184 valence electrons. The molecule has 0 aromatic carbocycles. The van der Waals surface area contributed by atoms with Gasteiger partial charge in [-0.05, 0) is 38.0 Å². The third-order valence-corrected chi connectivity index (χ3v) is 8.93. The lowest BCUT2D eigenvalue weighted by Gasteiger charge is -2.39. The number of carbonyl (C=O) groups excluding carboxylic acids is 1. The number of rotatable bonds is 14. The number of hydrogen-bond donors (Lipinski definition) is 2. The molecule has 1 rings (SSSR count). The summed E-state index contributed by atoms with van der Waals surface area (Å²) in [6.45, 7) is 4.35. The second-order valence-corrected chi connectivity index (χ2v) is 11.0. The highest BCUT2D eigenvalue weighted by Crippen LogP contribution is 2.35. The van der Waals surface area contributed by atoms with E-state index in [0.717, 1.165) is 25.7 Å². The molecule has 6 nitrogen and oxygen atoms in total. The van der Waals surface area contributed by atoms with E-state index in [4.69, 9.17) is 0 Å². The Morgan fingerprint density at radius 1 is 0.968 bits per heavy atom. The van der Waals surface area contributed by atoms with Crippen molar-refractivity contribution in [2.45, 2.75) is 108 Å². The predicted molar refractivity (Wildman–Crippen MR) is 114 cm³/mol. The number of hydrogen-bond acceptors (Lipinski definition) is 4. The summed E-state index contributed by atoms with van der Waals surface area (Å²) < 4.78 is 63.0. The van der Waals surface area contributed by atoms with Gasteiger partial charge in [0.1, 0.15) is 0 Å². The van der Waals surface area contributed by atoms with Crippen LogP contribution < -0.4 is 5.48 Å². The van der Waals surface area contributed by atoms with E-state index < -0.39 is 33.3 Å². The molecular weight excluding hydrogens is 433 g/mol. The minimum Gasteiger partial charge on any atom is -0.289 e. The molecule has 0 spiro atoms. The van der Waals surface area contributed by atoms with E-state index in [9.17, 15) is 31.6 Å². The van der Waals surface area contributed by atoms with Crippen LogP contribution in [0.3, 0.4) is 0 Å². The minimum absolute atomic E-state index is 0.157. The summed E-state index contributed by atoms with van der Waals surface area (Å²) in [5.41, 5.74) is 1.58. The largest absolute Gasteiger partial charge is 0.389 e. The van der Waals surface area contributed by atoms with E-state index in [1.807, 2.05) is 13.8 Å². The number of halogens is 3. The highest BCUT2D eigenvalue weighted by atomic mass is 32.2. The van der Waals surface area contributed by atoms with Gasteiger partial charge < -0.3 is 0 Å². The topological polar surface area (TPSA) is 86.7 Å². The maximum atomic E-state index is 13.4. The van der Waals surface area contributed by atoms with Gasteiger partial charge in [-0.15, -0.1) is 0 Å². The molecular formula is C21H39F3N2O4S. The third-order valence-electron chi connectivity index (χ3n) is 6.30. The fourth-order valence-electron chi connectivity index (χ4n) is 4.61. The van der Waals surface area contributed by atoms with Crippen LogP contribution >= 0.6 is 0 Å². The summed E-state index contributed by atoms with van der Waals surface area (Å²) in [5, 5.41) is 9.20. The molecule has 2 N–H and O–H groups in total. The molecule has 0 saturated carbocycles. The maximum Gasteiger partial charge on any atom is 0.389 e. The van der Waals surface area contributed by atoms with Crippen LogP contribution in [0.15, 0.2) is 0 Å². The van der Waals surface area contributed by atoms with Crippen LogP contribution in [0.5, 0.6) is 0 Å². The first-order valence-electron chi connectivity index (χ1n) is 11.5. The summed E-state index contributed by atoms with van der Waals surface area (Å²) >= 11 is 0. The van der Waals surface area contributed by atoms with Crippen LogP contribution in [-0.2, 0) is 14.8 Å². The quantitative estimate of drug-likeness (QED) is 0.208. The Hall–Kier alpha value is -0.870. The molecule has 1 heterocycles. The average molecular weight is 473 g/mol. The van der Waals surface area contributed by atoms with Gasteiger partial charge >= 0.3 is 6.18 Å². The Balaban J connectivity index is 2.53. The van der Waals surface area contributed by atoms with E-state index in [2.05, 4.69) is 0 Å². The van der Waals surface area contributed by atoms with Crippen molar-refractivity contribution in [3.63, 3.8) is 0 Å². The molecule has 31 heavy (non-hydrogen) atoms. The fourth-order valence-corrected chi connectivity index (χ4v) is 7.00. The average Bonchev–Trinajstić information content (AvgIpc) is 2.71. The van der Waals surface area contributed by atoms with E-state index in [1.54, 1.807) is 5.48 Å². The zero-order chi connectivity index (χ0) is 23.5. The molecule has 0 radical (unpaired) electrons. The first-order valence-corrected chi connectivity index (χ1v) is 13.0. The van der Waals surface area contributed by atoms with Gasteiger partial charge in [-0.3, -0.25) is 10.0 Å². The molecule has 1 aliphatic heterocycles. The minimum atomic E-state index is -4.07. The molecule has 0 aromatic heterocycles. The van der Waals surface area contributed by atoms with Crippen LogP contribution in [0.4, 0.5) is 13.2 Å². The van der Waals surface area contributed by atoms with Crippen molar-refractivity contribution in [3.8, 4) is 0 Å². The van der Waals surface area contributed by atoms with E-state index in [1.165, 1.54) is 4.31 Å². The van der Waals surface area contributed by atoms with Gasteiger partial charge in [-0.25, -0.2) is 18.2 Å². The summed E-state index contributed by atoms with van der Waals surface area (Å²) in [5.74, 6) is -0.469. The van der Waals surface area contributed by atoms with Crippen LogP contribution in [0.2, 0.25) is 0 Å². The van der Waals surface area contributed by atoms with Gasteiger partial charge in [0.05, 0.1) is 0 Å². The highest BCUT2D eigenvalue weighted by Gasteiger charge is 2.52. The number of amides is 1. The lowest BCUT2D eigenvalue weighted by Crippen LogP contribution is -2.58. The second kappa shape index (κ2) is 13.0. The maximum absolute atomic E-state index is 13.4. The Morgan fingerprint density at radius 2 is 1.48 bits per heavy atom. The van der Waals surface area contributed by atoms with Crippen molar-refractivity contribution in [1.29, 1.82) is 0 Å². The standard InChI is InChI=1S/C21H39F3N2O4S/c1-3-13-20(14-4-2,19(27)25-28)31(29,30)26-16-11-18(12-17-26)10-8-6-5-7-9-15-21(22,23)24/h18,28H,3-17H2,1-2H3,(H,25,27). The Labute approximate surface area is 185 Å². The SMILES string of the molecule is CCCC(CCC)(C(=O)NO)S(=O)(=O)N1CCC(CCCCCCCC(F)(F)F)CC1. The van der Waals surface area contributed by atoms with Crippen molar-refractivity contribution in [3.05, 3.63) is 0 Å². The number of unbranched alkanes of at least 4 members (excludes halogenated alkanes) is 4. The van der Waals surface area contributed by atoms with Gasteiger partial charge in [0, 0.05) is 19.5 Å². The lowest BCUT2D eigenvalue weighted by molar-refractivity contribution is -0.135. The number of sulfonamides is 1. The number of carbonyl (C=O) groups is 1. The van der Waals surface area contributed by atoms with E-state index in [-0.39, 0.29) is 19.3 Å². The third kappa shape index (κ3) is 8.20. The molecule has 0 atom stereocenters. The normalized spacial score (nSPS) is 17.1. The summed E-state index contributed by atoms with van der Waals surface area (Å²) in [4.78, 5) is 12.4. The molecule has 0 bridgehead atoms. The van der Waals surface area contributed by atoms with Crippen LogP contribution in [0.25, 0.3) is 0 Å². The molecule has 1 amide bonds. The van der Waals surface area contributed by atoms with Gasteiger partial charge in [0.25, 0.3) is 5.91 Å². The summed E-state index contributed by atoms with van der Waals surface area (Å²) in [6, 6.07) is 0. The first-order chi connectivity index (χ1) is 14.5. The Bertz CT molecular complexity index is 627. The molecule has 1 saturated heterocycles. The lowest BCUT2D eigenvalue weighted by atomic mass is 9.92. The van der Waals surface area contributed by atoms with Crippen LogP contribution in [0, 0.1) is 5.92 Å². The predicted octanol–water partition coefficient (Wildman–Crippen LogP) is 5.17. The monoisotopic (exact) mass is 472 g/mol. The fraction of sp³-hybridized carbons (Fsp3) is 0.952. The molecule has 1 aliphatic rings. The number of alkyl halides is 3. The van der Waals surface area contributed by atoms with Crippen molar-refractivity contribution in [2.24, 2.45) is 5.92 Å². The smallest absolute Gasteiger partial charge is 0.289 e. The molecule has 0 aliphatic carbocycles. The van der Waals surface area contributed by atoms with Crippen molar-refractivity contribution in [1.82, 2.24) is 9.79 Å². The number of nitrogens with one attached hydrogen (secondary N) is 1. The van der Waals surface area contributed by atoms with E-state index in [0.29, 0.717) is 51.1 Å². The van der Waals surface area contributed by atoms with Crippen molar-refractivity contribution < 1.29 is 31.6 Å². The zero-order valence-corrected chi connectivity index (χ0v) is 19.7. The number of nitrogens with zero attached hydrogens (tertiary/aromatic N) is 1. The van der Waals surface area contributed by atoms with Gasteiger partial charge in [-0.1, -0.05) is 58.8 Å². The van der Waals surface area contributed by atoms with Crippen molar-refractivity contribution in [2.75, 3.05) is 13.1 Å². The number of piperidine rings is 1. The second-order valence-electron chi connectivity index (χ2n) is 8.70. The van der Waals surface area contributed by atoms with Crippen LogP contribution in [0.1, 0.15) is 97.3 Å². The first kappa shape index (κ1) is 28.2. The zero-order valence-electron chi connectivity index (χ0n) is 18.8. The Morgan fingerprint density at radius 3 is 1.97 bits per heavy atom. The van der Waals surface area contributed by atoms with Crippen LogP contribution in [-0.4, -0.2) is 47.9 Å². The van der Waals surface area contributed by atoms with Gasteiger partial charge in [-0.2, -0.15) is 13.2 Å². The van der Waals surface area contributed by atoms with Gasteiger partial charge in [0.2, 0.25) is 10.0 Å². The number of hydroxylamine groups is 1.